The second-order valence-electron chi connectivity index (χ2n) is 7.21. The van der Waals surface area contributed by atoms with Gasteiger partial charge < -0.3 is 20.1 Å². The molecule has 9 nitrogen and oxygen atoms in total. The van der Waals surface area contributed by atoms with Gasteiger partial charge in [0.2, 0.25) is 11.7 Å². The van der Waals surface area contributed by atoms with E-state index in [-0.39, 0.29) is 16.4 Å². The average molecular weight is 499 g/mol. The Morgan fingerprint density at radius 1 is 1.14 bits per heavy atom. The largest absolute Gasteiger partial charge is 0.494 e. The lowest BCUT2D eigenvalue weighted by Crippen LogP contribution is -2.09. The van der Waals surface area contributed by atoms with Crippen molar-refractivity contribution in [3.8, 4) is 11.5 Å². The summed E-state index contributed by atoms with van der Waals surface area (Å²) >= 11 is 1.04. The van der Waals surface area contributed by atoms with E-state index in [4.69, 9.17) is 9.47 Å². The SMILES string of the molecule is C=CC(=O)Nc1cn(C)nc1Nc1cc2sc(C(=O)c3c(F)c(OC)cc(OC)c3F)cc2cn1. The topological polar surface area (TPSA) is 107 Å². The molecule has 180 valence electrons. The third-order valence-electron chi connectivity index (χ3n) is 4.94. The monoisotopic (exact) mass is 499 g/mol. The predicted molar refractivity (Wildman–Crippen MR) is 128 cm³/mol. The first-order valence-corrected chi connectivity index (χ1v) is 10.9. The maximum Gasteiger partial charge on any atom is 0.247 e. The van der Waals surface area contributed by atoms with Crippen molar-refractivity contribution >= 4 is 50.4 Å². The van der Waals surface area contributed by atoms with E-state index < -0.39 is 28.9 Å². The number of aromatic nitrogens is 3. The molecule has 1 aromatic carbocycles. The number of aryl methyl sites for hydroxylation is 1. The zero-order valence-electron chi connectivity index (χ0n) is 18.8. The fourth-order valence-electron chi connectivity index (χ4n) is 3.30. The Morgan fingerprint density at radius 3 is 2.46 bits per heavy atom. The molecule has 2 N–H and O–H groups in total. The number of nitrogens with one attached hydrogen (secondary N) is 2. The van der Waals surface area contributed by atoms with E-state index in [2.05, 4.69) is 27.3 Å². The molecule has 4 aromatic rings. The third-order valence-corrected chi connectivity index (χ3v) is 6.04. The molecule has 0 aliphatic heterocycles. The van der Waals surface area contributed by atoms with Gasteiger partial charge in [-0.2, -0.15) is 5.10 Å². The van der Waals surface area contributed by atoms with E-state index in [9.17, 15) is 18.4 Å². The lowest BCUT2D eigenvalue weighted by atomic mass is 10.1. The summed E-state index contributed by atoms with van der Waals surface area (Å²) in [6.07, 6.45) is 4.25. The molecule has 4 rings (SSSR count). The van der Waals surface area contributed by atoms with Crippen LogP contribution in [0.25, 0.3) is 10.1 Å². The van der Waals surface area contributed by atoms with Crippen LogP contribution >= 0.6 is 11.3 Å². The van der Waals surface area contributed by atoms with Crippen LogP contribution in [0.1, 0.15) is 15.2 Å². The number of carbonyl (C=O) groups is 2. The molecule has 0 bridgehead atoms. The quantitative estimate of drug-likeness (QED) is 0.273. The highest BCUT2D eigenvalue weighted by molar-refractivity contribution is 7.21. The third kappa shape index (κ3) is 4.55. The number of ketones is 1. The lowest BCUT2D eigenvalue weighted by molar-refractivity contribution is -0.111. The van der Waals surface area contributed by atoms with Crippen LogP contribution in [-0.2, 0) is 11.8 Å². The van der Waals surface area contributed by atoms with Gasteiger partial charge in [0, 0.05) is 29.4 Å². The number of rotatable bonds is 8. The van der Waals surface area contributed by atoms with Gasteiger partial charge in [0.1, 0.15) is 17.1 Å². The number of amides is 1. The van der Waals surface area contributed by atoms with Gasteiger partial charge in [-0.05, 0) is 18.2 Å². The molecule has 0 radical (unpaired) electrons. The van der Waals surface area contributed by atoms with E-state index >= 15 is 0 Å². The molecule has 0 aliphatic carbocycles. The molecule has 0 fully saturated rings. The Kier molecular flexibility index (Phi) is 6.47. The first-order chi connectivity index (χ1) is 16.7. The standard InChI is InChI=1S/C23H19F2N5O4S/c1-5-18(31)27-12-10-30(2)29-23(12)28-17-8-15-11(9-26-17)6-16(35-15)22(32)19-20(24)13(33-3)7-14(34-4)21(19)25/h5-10H,1H2,2-4H3,(H,27,31)(H,26,28,29). The minimum atomic E-state index is -1.11. The lowest BCUT2D eigenvalue weighted by Gasteiger charge is -2.11. The molecule has 1 amide bonds. The van der Waals surface area contributed by atoms with Gasteiger partial charge in [-0.15, -0.1) is 11.3 Å². The summed E-state index contributed by atoms with van der Waals surface area (Å²) in [5, 5.41) is 10.5. The van der Waals surface area contributed by atoms with E-state index in [0.717, 1.165) is 23.5 Å². The second-order valence-corrected chi connectivity index (χ2v) is 8.30. The van der Waals surface area contributed by atoms with Crippen molar-refractivity contribution in [3.63, 3.8) is 0 Å². The van der Waals surface area contributed by atoms with E-state index in [1.165, 1.54) is 31.2 Å². The fourth-order valence-corrected chi connectivity index (χ4v) is 4.32. The summed E-state index contributed by atoms with van der Waals surface area (Å²) in [5.41, 5.74) is -0.352. The molecular formula is C23H19F2N5O4S. The number of pyridine rings is 1. The zero-order valence-corrected chi connectivity index (χ0v) is 19.6. The summed E-state index contributed by atoms with van der Waals surface area (Å²) in [6.45, 7) is 3.42. The van der Waals surface area contributed by atoms with Crippen molar-refractivity contribution in [2.24, 2.45) is 7.05 Å². The Balaban J connectivity index is 1.68. The zero-order chi connectivity index (χ0) is 25.3. The summed E-state index contributed by atoms with van der Waals surface area (Å²) in [5.74, 6) is -3.38. The van der Waals surface area contributed by atoms with Gasteiger partial charge in [-0.1, -0.05) is 6.58 Å². The number of carbonyl (C=O) groups excluding carboxylic acids is 2. The number of nitrogens with zero attached hydrogens (tertiary/aromatic N) is 3. The van der Waals surface area contributed by atoms with Crippen molar-refractivity contribution in [2.45, 2.75) is 0 Å². The maximum absolute atomic E-state index is 14.8. The number of anilines is 3. The van der Waals surface area contributed by atoms with Gasteiger partial charge in [-0.3, -0.25) is 14.3 Å². The summed E-state index contributed by atoms with van der Waals surface area (Å²) in [7, 11) is 4.10. The van der Waals surface area contributed by atoms with Gasteiger partial charge in [0.05, 0.1) is 25.3 Å². The van der Waals surface area contributed by atoms with Crippen molar-refractivity contribution in [1.82, 2.24) is 14.8 Å². The Hall–Kier alpha value is -4.32. The molecule has 35 heavy (non-hydrogen) atoms. The highest BCUT2D eigenvalue weighted by Gasteiger charge is 2.27. The number of thiophene rings is 1. The number of ether oxygens (including phenoxy) is 2. The van der Waals surface area contributed by atoms with Crippen LogP contribution in [0.4, 0.5) is 26.1 Å². The molecule has 3 heterocycles. The minimum Gasteiger partial charge on any atom is -0.494 e. The minimum absolute atomic E-state index is 0.101. The first-order valence-electron chi connectivity index (χ1n) is 10.0. The van der Waals surface area contributed by atoms with Crippen molar-refractivity contribution in [1.29, 1.82) is 0 Å². The normalized spacial score (nSPS) is 10.8. The van der Waals surface area contributed by atoms with Gasteiger partial charge >= 0.3 is 0 Å². The first kappa shape index (κ1) is 23.8. The molecule has 0 saturated heterocycles. The van der Waals surface area contributed by atoms with Crippen LogP contribution in [0, 0.1) is 11.6 Å². The van der Waals surface area contributed by atoms with E-state index in [1.807, 2.05) is 0 Å². The molecule has 0 aliphatic rings. The Morgan fingerprint density at radius 2 is 1.83 bits per heavy atom. The van der Waals surface area contributed by atoms with Crippen LogP contribution in [0.2, 0.25) is 0 Å². The number of halogens is 2. The van der Waals surface area contributed by atoms with E-state index in [1.54, 1.807) is 19.3 Å². The van der Waals surface area contributed by atoms with Gasteiger partial charge in [0.25, 0.3) is 0 Å². The van der Waals surface area contributed by atoms with Crippen LogP contribution in [0.3, 0.4) is 0 Å². The molecule has 12 heteroatoms. The van der Waals surface area contributed by atoms with Gasteiger partial charge in [0.15, 0.2) is 29.0 Å². The van der Waals surface area contributed by atoms with Crippen molar-refractivity contribution in [3.05, 3.63) is 65.3 Å². The molecule has 0 saturated carbocycles. The van der Waals surface area contributed by atoms with Crippen LogP contribution in [0.5, 0.6) is 11.5 Å². The van der Waals surface area contributed by atoms with Crippen LogP contribution < -0.4 is 20.1 Å². The molecule has 0 unspecified atom stereocenters. The van der Waals surface area contributed by atoms with Crippen molar-refractivity contribution in [2.75, 3.05) is 24.9 Å². The number of benzene rings is 1. The van der Waals surface area contributed by atoms with Crippen LogP contribution in [0.15, 0.2) is 43.2 Å². The molecule has 0 spiro atoms. The number of methoxy groups -OCH3 is 2. The second kappa shape index (κ2) is 9.50. The van der Waals surface area contributed by atoms with E-state index in [0.29, 0.717) is 27.4 Å². The smallest absolute Gasteiger partial charge is 0.247 e. The van der Waals surface area contributed by atoms with Crippen molar-refractivity contribution < 1.29 is 27.8 Å². The maximum atomic E-state index is 14.8. The van der Waals surface area contributed by atoms with Gasteiger partial charge in [-0.25, -0.2) is 13.8 Å². The predicted octanol–water partition coefficient (Wildman–Crippen LogP) is 4.42. The highest BCUT2D eigenvalue weighted by Crippen LogP contribution is 2.35. The number of hydrogen-bond acceptors (Lipinski definition) is 8. The number of hydrogen-bond donors (Lipinski definition) is 2. The molecule has 0 atom stereocenters. The van der Waals surface area contributed by atoms with Crippen LogP contribution in [-0.4, -0.2) is 40.7 Å². The highest BCUT2D eigenvalue weighted by atomic mass is 32.1. The summed E-state index contributed by atoms with van der Waals surface area (Å²) in [6, 6.07) is 4.20. The average Bonchev–Trinajstić information content (AvgIpc) is 3.41. The summed E-state index contributed by atoms with van der Waals surface area (Å²) < 4.78 is 41.6. The molecular weight excluding hydrogens is 480 g/mol. The fraction of sp³-hybridized carbons (Fsp3) is 0.130. The number of fused-ring (bicyclic) bond motifs is 1. The Bertz CT molecular complexity index is 1450. The molecule has 3 aromatic heterocycles. The summed E-state index contributed by atoms with van der Waals surface area (Å²) in [4.78, 5) is 29.1. The Labute approximate surface area is 202 Å².